The number of carbonyl (C=O) groups excluding carboxylic acids is 1. The molecule has 1 aliphatic rings. The molecular weight excluding hydrogens is 314 g/mol. The van der Waals surface area contributed by atoms with Gasteiger partial charge < -0.3 is 20.3 Å². The highest BCUT2D eigenvalue weighted by Gasteiger charge is 2.31. The molecule has 2 N–H and O–H groups in total. The maximum Gasteiger partial charge on any atom is 0.407 e. The Hall–Kier alpha value is -1.62. The molecule has 128 valence electrons. The Balaban J connectivity index is 1.78. The fraction of sp³-hybridized carbons (Fsp3) is 0.588. The van der Waals surface area contributed by atoms with Crippen LogP contribution in [0.4, 0.5) is 16.2 Å². The third kappa shape index (κ3) is 5.20. The highest BCUT2D eigenvalue weighted by atomic mass is 35.5. The quantitative estimate of drug-likeness (QED) is 0.874. The van der Waals surface area contributed by atoms with E-state index < -0.39 is 5.60 Å². The lowest BCUT2D eigenvalue weighted by molar-refractivity contribution is 0.0475. The molecule has 5 nitrogen and oxygen atoms in total. The summed E-state index contributed by atoms with van der Waals surface area (Å²) >= 11 is 6.27. The van der Waals surface area contributed by atoms with Gasteiger partial charge in [-0.05, 0) is 51.8 Å². The van der Waals surface area contributed by atoms with Crippen LogP contribution in [0.1, 0.15) is 33.6 Å². The molecule has 0 spiro atoms. The summed E-state index contributed by atoms with van der Waals surface area (Å²) in [5, 5.41) is 7.06. The number of nitrogens with zero attached hydrogens (tertiary/aromatic N) is 1. The molecule has 0 radical (unpaired) electrons. The summed E-state index contributed by atoms with van der Waals surface area (Å²) in [5.41, 5.74) is 1.53. The van der Waals surface area contributed by atoms with Crippen molar-refractivity contribution in [1.82, 2.24) is 5.32 Å². The number of rotatable bonds is 4. The van der Waals surface area contributed by atoms with Crippen LogP contribution in [0.25, 0.3) is 0 Å². The first-order valence-corrected chi connectivity index (χ1v) is 8.25. The van der Waals surface area contributed by atoms with Crippen molar-refractivity contribution in [2.45, 2.75) is 51.3 Å². The van der Waals surface area contributed by atoms with Gasteiger partial charge >= 0.3 is 6.09 Å². The number of amides is 1. The first-order chi connectivity index (χ1) is 10.6. The topological polar surface area (TPSA) is 53.6 Å². The maximum atomic E-state index is 11.7. The van der Waals surface area contributed by atoms with Gasteiger partial charge in [0.15, 0.2) is 0 Å². The summed E-state index contributed by atoms with van der Waals surface area (Å²) in [7, 11) is 3.93. The number of benzene rings is 1. The summed E-state index contributed by atoms with van der Waals surface area (Å²) < 4.78 is 5.26. The van der Waals surface area contributed by atoms with Crippen molar-refractivity contribution in [2.75, 3.05) is 24.3 Å². The van der Waals surface area contributed by atoms with Gasteiger partial charge in [-0.15, -0.1) is 0 Å². The molecule has 1 saturated carbocycles. The molecule has 6 heteroatoms. The largest absolute Gasteiger partial charge is 0.444 e. The van der Waals surface area contributed by atoms with E-state index in [-0.39, 0.29) is 12.1 Å². The minimum absolute atomic E-state index is 0.166. The summed E-state index contributed by atoms with van der Waals surface area (Å²) in [6.45, 7) is 5.58. The summed E-state index contributed by atoms with van der Waals surface area (Å²) in [6, 6.07) is 6.47. The second kappa shape index (κ2) is 6.87. The molecule has 0 aromatic heterocycles. The number of carbonyl (C=O) groups is 1. The molecule has 1 aromatic carbocycles. The van der Waals surface area contributed by atoms with Gasteiger partial charge in [-0.3, -0.25) is 0 Å². The molecule has 0 unspecified atom stereocenters. The summed E-state index contributed by atoms with van der Waals surface area (Å²) in [4.78, 5) is 13.7. The highest BCUT2D eigenvalue weighted by molar-refractivity contribution is 6.33. The van der Waals surface area contributed by atoms with E-state index in [0.29, 0.717) is 6.04 Å². The molecule has 23 heavy (non-hydrogen) atoms. The number of hydrogen-bond acceptors (Lipinski definition) is 4. The molecule has 1 aliphatic carbocycles. The Kier molecular flexibility index (Phi) is 5.30. The lowest BCUT2D eigenvalue weighted by Crippen LogP contribution is -2.50. The molecule has 0 atom stereocenters. The molecule has 1 fully saturated rings. The van der Waals surface area contributed by atoms with Gasteiger partial charge in [-0.25, -0.2) is 4.79 Å². The van der Waals surface area contributed by atoms with E-state index in [0.717, 1.165) is 29.2 Å². The van der Waals surface area contributed by atoms with E-state index in [4.69, 9.17) is 16.3 Å². The Bertz CT molecular complexity index is 563. The van der Waals surface area contributed by atoms with Gasteiger partial charge in [-0.1, -0.05) is 11.6 Å². The van der Waals surface area contributed by atoms with Crippen LogP contribution >= 0.6 is 11.6 Å². The molecule has 0 bridgehead atoms. The Morgan fingerprint density at radius 2 is 1.91 bits per heavy atom. The molecule has 0 aliphatic heterocycles. The highest BCUT2D eigenvalue weighted by Crippen LogP contribution is 2.30. The monoisotopic (exact) mass is 339 g/mol. The molecular formula is C17H26ClN3O2. The van der Waals surface area contributed by atoms with Crippen molar-refractivity contribution in [1.29, 1.82) is 0 Å². The predicted molar refractivity (Wildman–Crippen MR) is 95.6 cm³/mol. The fourth-order valence-electron chi connectivity index (χ4n) is 2.52. The predicted octanol–water partition coefficient (Wildman–Crippen LogP) is 3.87. The molecule has 1 aromatic rings. The van der Waals surface area contributed by atoms with E-state index in [9.17, 15) is 4.79 Å². The first kappa shape index (κ1) is 17.7. The van der Waals surface area contributed by atoms with Crippen LogP contribution < -0.4 is 15.5 Å². The van der Waals surface area contributed by atoms with E-state index in [1.54, 1.807) is 0 Å². The van der Waals surface area contributed by atoms with Crippen molar-refractivity contribution >= 4 is 29.1 Å². The van der Waals surface area contributed by atoms with Gasteiger partial charge in [0, 0.05) is 31.9 Å². The lowest BCUT2D eigenvalue weighted by atomic mass is 9.86. The Morgan fingerprint density at radius 3 is 2.43 bits per heavy atom. The van der Waals surface area contributed by atoms with Gasteiger partial charge in [0.25, 0.3) is 0 Å². The van der Waals surface area contributed by atoms with Crippen LogP contribution in [-0.4, -0.2) is 37.9 Å². The molecule has 1 amide bonds. The average Bonchev–Trinajstić information content (AvgIpc) is 2.33. The second-order valence-electron chi connectivity index (χ2n) is 7.22. The van der Waals surface area contributed by atoms with Crippen molar-refractivity contribution in [2.24, 2.45) is 0 Å². The Morgan fingerprint density at radius 1 is 1.26 bits per heavy atom. The zero-order chi connectivity index (χ0) is 17.2. The Labute approximate surface area is 143 Å². The minimum Gasteiger partial charge on any atom is -0.444 e. The summed E-state index contributed by atoms with van der Waals surface area (Å²) in [6.07, 6.45) is 1.41. The third-order valence-corrected chi connectivity index (χ3v) is 3.96. The fourth-order valence-corrected chi connectivity index (χ4v) is 2.87. The van der Waals surface area contributed by atoms with E-state index in [1.807, 2.05) is 58.0 Å². The number of halogens is 1. The average molecular weight is 340 g/mol. The van der Waals surface area contributed by atoms with Crippen molar-refractivity contribution in [3.05, 3.63) is 23.2 Å². The first-order valence-electron chi connectivity index (χ1n) is 7.87. The van der Waals surface area contributed by atoms with Gasteiger partial charge in [0.05, 0.1) is 10.7 Å². The SMILES string of the molecule is CN(C)c1ccc(NC2CC(NC(=O)OC(C)(C)C)C2)cc1Cl. The van der Waals surface area contributed by atoms with E-state index >= 15 is 0 Å². The van der Waals surface area contributed by atoms with E-state index in [2.05, 4.69) is 10.6 Å². The van der Waals surface area contributed by atoms with Gasteiger partial charge in [0.2, 0.25) is 0 Å². The molecule has 0 saturated heterocycles. The van der Waals surface area contributed by atoms with Crippen LogP contribution in [-0.2, 0) is 4.74 Å². The number of nitrogens with one attached hydrogen (secondary N) is 2. The zero-order valence-electron chi connectivity index (χ0n) is 14.4. The molecule has 2 rings (SSSR count). The van der Waals surface area contributed by atoms with Crippen LogP contribution in [0, 0.1) is 0 Å². The van der Waals surface area contributed by atoms with Crippen LogP contribution in [0.15, 0.2) is 18.2 Å². The minimum atomic E-state index is -0.462. The van der Waals surface area contributed by atoms with Crippen molar-refractivity contribution in [3.8, 4) is 0 Å². The zero-order valence-corrected chi connectivity index (χ0v) is 15.2. The number of alkyl carbamates (subject to hydrolysis) is 1. The van der Waals surface area contributed by atoms with Crippen molar-refractivity contribution < 1.29 is 9.53 Å². The third-order valence-electron chi connectivity index (χ3n) is 3.66. The van der Waals surface area contributed by atoms with E-state index in [1.165, 1.54) is 0 Å². The second-order valence-corrected chi connectivity index (χ2v) is 7.62. The number of anilines is 2. The lowest BCUT2D eigenvalue weighted by Gasteiger charge is -2.37. The van der Waals surface area contributed by atoms with Crippen molar-refractivity contribution in [3.63, 3.8) is 0 Å². The van der Waals surface area contributed by atoms with Crippen LogP contribution in [0.5, 0.6) is 0 Å². The van der Waals surface area contributed by atoms with Crippen LogP contribution in [0.3, 0.4) is 0 Å². The number of ether oxygens (including phenoxy) is 1. The van der Waals surface area contributed by atoms with Gasteiger partial charge in [-0.2, -0.15) is 0 Å². The normalized spacial score (nSPS) is 20.4. The smallest absolute Gasteiger partial charge is 0.407 e. The van der Waals surface area contributed by atoms with Gasteiger partial charge in [0.1, 0.15) is 5.60 Å². The summed E-state index contributed by atoms with van der Waals surface area (Å²) in [5.74, 6) is 0. The molecule has 0 heterocycles. The van der Waals surface area contributed by atoms with Crippen LogP contribution in [0.2, 0.25) is 5.02 Å². The number of hydrogen-bond donors (Lipinski definition) is 2. The maximum absolute atomic E-state index is 11.7. The standard InChI is InChI=1S/C17H26ClN3O2/c1-17(2,3)23-16(22)20-13-8-12(9-13)19-11-6-7-15(21(4)5)14(18)10-11/h6-7,10,12-13,19H,8-9H2,1-5H3,(H,20,22).